The average molecular weight is 351 g/mol. The molecular formula is C14H17N5O6. The lowest BCUT2D eigenvalue weighted by Gasteiger charge is -2.08. The molecule has 0 aliphatic heterocycles. The maximum atomic E-state index is 12.1. The van der Waals surface area contributed by atoms with Crippen LogP contribution in [0.2, 0.25) is 0 Å². The fourth-order valence-corrected chi connectivity index (χ4v) is 2.23. The number of hydrogen-bond acceptors (Lipinski definition) is 6. The number of nitrogens with zero attached hydrogens (tertiary/aromatic N) is 3. The van der Waals surface area contributed by atoms with Gasteiger partial charge in [-0.1, -0.05) is 0 Å². The van der Waals surface area contributed by atoms with E-state index in [-0.39, 0.29) is 42.7 Å². The molecule has 2 heterocycles. The van der Waals surface area contributed by atoms with Crippen molar-refractivity contribution in [3.63, 3.8) is 0 Å². The lowest BCUT2D eigenvalue weighted by molar-refractivity contribution is -0.136. The number of carbonyl (C=O) groups excluding carboxylic acids is 1. The standard InChI is InChI=1S/C14H17N5O6/c1-18-11-10(13(24)19(2)14(18)25)16-7(12(23)17-11)3-4-8(20)15-6-5-9(21)22/h3-6H2,1-2H3,(H,15,20)(H,17,23)(H,21,22). The molecule has 0 spiro atoms. The number of carbonyl (C=O) groups is 2. The van der Waals surface area contributed by atoms with E-state index in [2.05, 4.69) is 15.3 Å². The van der Waals surface area contributed by atoms with Gasteiger partial charge < -0.3 is 15.4 Å². The minimum atomic E-state index is -1.03. The van der Waals surface area contributed by atoms with Gasteiger partial charge in [0.1, 0.15) is 11.3 Å². The number of rotatable bonds is 6. The molecule has 0 saturated carbocycles. The van der Waals surface area contributed by atoms with Crippen LogP contribution in [0.15, 0.2) is 14.4 Å². The third-order valence-corrected chi connectivity index (χ3v) is 3.63. The van der Waals surface area contributed by atoms with Crippen LogP contribution in [0.25, 0.3) is 11.2 Å². The summed E-state index contributed by atoms with van der Waals surface area (Å²) in [6.45, 7) is -0.0155. The molecule has 3 N–H and O–H groups in total. The van der Waals surface area contributed by atoms with Crippen molar-refractivity contribution in [3.8, 4) is 0 Å². The lowest BCUT2D eigenvalue weighted by atomic mass is 10.2. The van der Waals surface area contributed by atoms with Crippen LogP contribution in [0.3, 0.4) is 0 Å². The molecule has 0 unspecified atom stereocenters. The van der Waals surface area contributed by atoms with Crippen molar-refractivity contribution >= 4 is 23.0 Å². The normalized spacial score (nSPS) is 10.8. The molecule has 0 radical (unpaired) electrons. The number of nitrogens with one attached hydrogen (secondary N) is 2. The molecule has 0 aliphatic rings. The molecule has 1 amide bonds. The third kappa shape index (κ3) is 3.82. The van der Waals surface area contributed by atoms with Crippen molar-refractivity contribution < 1.29 is 14.7 Å². The lowest BCUT2D eigenvalue weighted by Crippen LogP contribution is -2.39. The Bertz CT molecular complexity index is 1020. The zero-order chi connectivity index (χ0) is 18.7. The van der Waals surface area contributed by atoms with Crippen LogP contribution in [-0.2, 0) is 30.1 Å². The van der Waals surface area contributed by atoms with Gasteiger partial charge in [-0.15, -0.1) is 0 Å². The van der Waals surface area contributed by atoms with Crippen LogP contribution in [0.4, 0.5) is 0 Å². The number of aromatic amines is 1. The Kier molecular flexibility index (Phi) is 5.15. The van der Waals surface area contributed by atoms with E-state index in [0.717, 1.165) is 9.13 Å². The van der Waals surface area contributed by atoms with E-state index in [1.807, 2.05) is 0 Å². The zero-order valence-corrected chi connectivity index (χ0v) is 13.7. The number of fused-ring (bicyclic) bond motifs is 1. The summed E-state index contributed by atoms with van der Waals surface area (Å²) < 4.78 is 1.98. The number of carboxylic acid groups (broad SMARTS) is 1. The number of aromatic nitrogens is 4. The van der Waals surface area contributed by atoms with Crippen molar-refractivity contribution in [1.29, 1.82) is 0 Å². The quantitative estimate of drug-likeness (QED) is 0.535. The Morgan fingerprint density at radius 2 is 1.84 bits per heavy atom. The van der Waals surface area contributed by atoms with Gasteiger partial charge in [0.2, 0.25) is 5.91 Å². The van der Waals surface area contributed by atoms with E-state index in [0.29, 0.717) is 0 Å². The second-order valence-electron chi connectivity index (χ2n) is 5.41. The van der Waals surface area contributed by atoms with Crippen LogP contribution in [-0.4, -0.2) is 42.6 Å². The second-order valence-corrected chi connectivity index (χ2v) is 5.41. The molecular weight excluding hydrogens is 334 g/mol. The summed E-state index contributed by atoms with van der Waals surface area (Å²) in [5.41, 5.74) is -1.94. The molecule has 11 nitrogen and oxygen atoms in total. The molecule has 0 fully saturated rings. The van der Waals surface area contributed by atoms with E-state index in [1.165, 1.54) is 14.1 Å². The number of amides is 1. The maximum absolute atomic E-state index is 12.1. The predicted octanol–water partition coefficient (Wildman–Crippen LogP) is -2.16. The molecule has 2 aromatic rings. The van der Waals surface area contributed by atoms with E-state index < -0.39 is 28.7 Å². The first-order chi connectivity index (χ1) is 11.7. The van der Waals surface area contributed by atoms with Gasteiger partial charge in [0.25, 0.3) is 11.1 Å². The third-order valence-electron chi connectivity index (χ3n) is 3.63. The number of carboxylic acids is 1. The summed E-state index contributed by atoms with van der Waals surface area (Å²) in [6, 6.07) is 0. The van der Waals surface area contributed by atoms with Gasteiger partial charge in [-0.05, 0) is 0 Å². The number of H-pyrrole nitrogens is 1. The van der Waals surface area contributed by atoms with Gasteiger partial charge in [-0.2, -0.15) is 0 Å². The number of aryl methyl sites for hydroxylation is 2. The Morgan fingerprint density at radius 3 is 2.48 bits per heavy atom. The summed E-state index contributed by atoms with van der Waals surface area (Å²) in [6.07, 6.45) is -0.325. The molecule has 134 valence electrons. The predicted molar refractivity (Wildman–Crippen MR) is 86.4 cm³/mol. The molecule has 2 aromatic heterocycles. The molecule has 11 heteroatoms. The van der Waals surface area contributed by atoms with E-state index in [1.54, 1.807) is 0 Å². The van der Waals surface area contributed by atoms with Gasteiger partial charge >= 0.3 is 11.7 Å². The Hall–Kier alpha value is -3.24. The van der Waals surface area contributed by atoms with E-state index in [9.17, 15) is 24.0 Å². The number of aliphatic carboxylic acids is 1. The first kappa shape index (κ1) is 18.1. The molecule has 0 atom stereocenters. The minimum Gasteiger partial charge on any atom is -0.481 e. The largest absolute Gasteiger partial charge is 0.481 e. The topological polar surface area (TPSA) is 156 Å². The van der Waals surface area contributed by atoms with Crippen LogP contribution < -0.4 is 22.1 Å². The van der Waals surface area contributed by atoms with Crippen LogP contribution in [0.5, 0.6) is 0 Å². The summed E-state index contributed by atoms with van der Waals surface area (Å²) in [5, 5.41) is 10.9. The van der Waals surface area contributed by atoms with Crippen LogP contribution >= 0.6 is 0 Å². The van der Waals surface area contributed by atoms with Gasteiger partial charge in [-0.3, -0.25) is 28.3 Å². The summed E-state index contributed by atoms with van der Waals surface area (Å²) in [4.78, 5) is 64.5. The first-order valence-corrected chi connectivity index (χ1v) is 7.39. The monoisotopic (exact) mass is 351 g/mol. The SMILES string of the molecule is Cn1c(=O)c2nc(CCC(=O)NCCC(=O)O)c(=O)[nH]c2n(C)c1=O. The van der Waals surface area contributed by atoms with E-state index in [4.69, 9.17) is 5.11 Å². The second kappa shape index (κ2) is 7.11. The summed E-state index contributed by atoms with van der Waals surface area (Å²) >= 11 is 0. The highest BCUT2D eigenvalue weighted by molar-refractivity contribution is 5.77. The highest BCUT2D eigenvalue weighted by atomic mass is 16.4. The molecule has 0 saturated heterocycles. The average Bonchev–Trinajstić information content (AvgIpc) is 2.56. The fourth-order valence-electron chi connectivity index (χ4n) is 2.23. The smallest absolute Gasteiger partial charge is 0.332 e. The van der Waals surface area contributed by atoms with Crippen molar-refractivity contribution in [2.45, 2.75) is 19.3 Å². The Morgan fingerprint density at radius 1 is 1.16 bits per heavy atom. The van der Waals surface area contributed by atoms with Crippen LogP contribution in [0.1, 0.15) is 18.5 Å². The van der Waals surface area contributed by atoms with E-state index >= 15 is 0 Å². The van der Waals surface area contributed by atoms with Crippen molar-refractivity contribution in [3.05, 3.63) is 36.9 Å². The maximum Gasteiger partial charge on any atom is 0.332 e. The highest BCUT2D eigenvalue weighted by Gasteiger charge is 2.14. The van der Waals surface area contributed by atoms with Crippen molar-refractivity contribution in [2.75, 3.05) is 6.54 Å². The molecule has 0 aliphatic carbocycles. The molecule has 25 heavy (non-hydrogen) atoms. The number of hydrogen-bond donors (Lipinski definition) is 3. The fraction of sp³-hybridized carbons (Fsp3) is 0.429. The molecule has 0 aromatic carbocycles. The Labute approximate surface area is 139 Å². The minimum absolute atomic E-state index is 0.00718. The summed E-state index contributed by atoms with van der Waals surface area (Å²) in [5.74, 6) is -1.47. The summed E-state index contributed by atoms with van der Waals surface area (Å²) in [7, 11) is 2.70. The molecule has 0 bridgehead atoms. The Balaban J connectivity index is 2.26. The van der Waals surface area contributed by atoms with Crippen LogP contribution in [0, 0.1) is 0 Å². The molecule has 2 rings (SSSR count). The van der Waals surface area contributed by atoms with Gasteiger partial charge in [0, 0.05) is 33.5 Å². The zero-order valence-electron chi connectivity index (χ0n) is 13.7. The van der Waals surface area contributed by atoms with Gasteiger partial charge in [0.15, 0.2) is 5.52 Å². The van der Waals surface area contributed by atoms with Gasteiger partial charge in [0.05, 0.1) is 6.42 Å². The first-order valence-electron chi connectivity index (χ1n) is 7.39. The van der Waals surface area contributed by atoms with Gasteiger partial charge in [-0.25, -0.2) is 9.78 Å². The van der Waals surface area contributed by atoms with Crippen molar-refractivity contribution in [2.24, 2.45) is 14.1 Å². The highest BCUT2D eigenvalue weighted by Crippen LogP contribution is 2.01. The van der Waals surface area contributed by atoms with Crippen molar-refractivity contribution in [1.82, 2.24) is 24.4 Å².